The highest BCUT2D eigenvalue weighted by molar-refractivity contribution is 6.05. The highest BCUT2D eigenvalue weighted by atomic mass is 16.5. The lowest BCUT2D eigenvalue weighted by atomic mass is 9.76. The first-order chi connectivity index (χ1) is 10.8. The summed E-state index contributed by atoms with van der Waals surface area (Å²) in [6.07, 6.45) is 1.79. The molecule has 2 fully saturated rings. The summed E-state index contributed by atoms with van der Waals surface area (Å²) in [7, 11) is 1.25. The van der Waals surface area contributed by atoms with E-state index in [1.165, 1.54) is 27.0 Å². The van der Waals surface area contributed by atoms with E-state index in [4.69, 9.17) is 9.47 Å². The zero-order chi connectivity index (χ0) is 17.1. The average molecular weight is 324 g/mol. The maximum absolute atomic E-state index is 12.4. The van der Waals surface area contributed by atoms with Crippen molar-refractivity contribution in [3.8, 4) is 0 Å². The molecular formula is C16H20O7. The molecule has 126 valence electrons. The molecule has 0 aliphatic heterocycles. The third kappa shape index (κ3) is 3.60. The number of fused-ring (bicyclic) bond motifs is 2. The molecule has 2 bridgehead atoms. The predicted octanol–water partition coefficient (Wildman–Crippen LogP) is 0.663. The van der Waals surface area contributed by atoms with E-state index < -0.39 is 17.9 Å². The molecule has 0 heterocycles. The standard InChI is InChI=1S/C16H20O7/c1-8(17)22-6-13-10-4-11(14(13)7-23-9(2)18)16(20)12(10)5-15(19)21-3/h5,10-11,13-14H,4,6-7H2,1-3H3/b12-5+/t10-,11-,13+,14-/m1/s1. The van der Waals surface area contributed by atoms with Gasteiger partial charge in [-0.2, -0.15) is 0 Å². The van der Waals surface area contributed by atoms with Crippen LogP contribution < -0.4 is 0 Å². The number of ether oxygens (including phenoxy) is 3. The van der Waals surface area contributed by atoms with Crippen LogP contribution in [0, 0.1) is 23.7 Å². The van der Waals surface area contributed by atoms with Crippen LogP contribution in [0.3, 0.4) is 0 Å². The van der Waals surface area contributed by atoms with Crippen LogP contribution in [0.25, 0.3) is 0 Å². The lowest BCUT2D eigenvalue weighted by Gasteiger charge is -2.30. The summed E-state index contributed by atoms with van der Waals surface area (Å²) in [6.45, 7) is 2.86. The predicted molar refractivity (Wildman–Crippen MR) is 76.9 cm³/mol. The van der Waals surface area contributed by atoms with Gasteiger partial charge in [0.15, 0.2) is 5.78 Å². The molecule has 0 amide bonds. The van der Waals surface area contributed by atoms with Crippen molar-refractivity contribution in [3.63, 3.8) is 0 Å². The van der Waals surface area contributed by atoms with Gasteiger partial charge in [0, 0.05) is 43.3 Å². The van der Waals surface area contributed by atoms with Crippen LogP contribution in [0.2, 0.25) is 0 Å². The van der Waals surface area contributed by atoms with Crippen molar-refractivity contribution in [3.05, 3.63) is 11.6 Å². The molecule has 2 aliphatic rings. The third-order valence-electron chi connectivity index (χ3n) is 4.54. The average Bonchev–Trinajstić information content (AvgIpc) is 2.99. The van der Waals surface area contributed by atoms with Crippen LogP contribution in [-0.4, -0.2) is 44.0 Å². The van der Waals surface area contributed by atoms with Gasteiger partial charge in [-0.3, -0.25) is 14.4 Å². The first kappa shape index (κ1) is 17.2. The first-order valence-corrected chi connectivity index (χ1v) is 7.45. The van der Waals surface area contributed by atoms with E-state index in [0.717, 1.165) is 0 Å². The highest BCUT2D eigenvalue weighted by Crippen LogP contribution is 2.53. The fourth-order valence-corrected chi connectivity index (χ4v) is 3.55. The van der Waals surface area contributed by atoms with E-state index >= 15 is 0 Å². The summed E-state index contributed by atoms with van der Waals surface area (Å²) in [5.41, 5.74) is 0.415. The number of esters is 3. The highest BCUT2D eigenvalue weighted by Gasteiger charge is 2.56. The molecule has 0 radical (unpaired) electrons. The Morgan fingerprint density at radius 3 is 2.04 bits per heavy atom. The molecule has 0 aromatic rings. The molecular weight excluding hydrogens is 304 g/mol. The van der Waals surface area contributed by atoms with Crippen LogP contribution in [0.5, 0.6) is 0 Å². The van der Waals surface area contributed by atoms with E-state index in [-0.39, 0.29) is 42.7 Å². The summed E-state index contributed by atoms with van der Waals surface area (Å²) in [5, 5.41) is 0. The summed E-state index contributed by atoms with van der Waals surface area (Å²) >= 11 is 0. The Hall–Kier alpha value is -2.18. The summed E-state index contributed by atoms with van der Waals surface area (Å²) in [6, 6.07) is 0. The molecule has 0 spiro atoms. The molecule has 0 unspecified atom stereocenters. The maximum atomic E-state index is 12.4. The van der Waals surface area contributed by atoms with Crippen LogP contribution in [0.4, 0.5) is 0 Å². The zero-order valence-corrected chi connectivity index (χ0v) is 13.4. The van der Waals surface area contributed by atoms with Crippen molar-refractivity contribution in [2.45, 2.75) is 20.3 Å². The Balaban J connectivity index is 2.20. The quantitative estimate of drug-likeness (QED) is 0.416. The molecule has 0 saturated heterocycles. The number of carbonyl (C=O) groups is 4. The fraction of sp³-hybridized carbons (Fsp3) is 0.625. The molecule has 0 aromatic carbocycles. The van der Waals surface area contributed by atoms with Crippen LogP contribution >= 0.6 is 0 Å². The molecule has 2 saturated carbocycles. The lowest BCUT2D eigenvalue weighted by Crippen LogP contribution is -2.36. The van der Waals surface area contributed by atoms with Crippen molar-refractivity contribution >= 4 is 23.7 Å². The Bertz CT molecular complexity index is 563. The van der Waals surface area contributed by atoms with E-state index in [2.05, 4.69) is 4.74 Å². The number of hydrogen-bond acceptors (Lipinski definition) is 7. The number of Topliss-reactive ketones (excluding diaryl/α,β-unsaturated/α-hetero) is 1. The van der Waals surface area contributed by atoms with Gasteiger partial charge in [0.1, 0.15) is 0 Å². The van der Waals surface area contributed by atoms with Crippen LogP contribution in [0.1, 0.15) is 20.3 Å². The molecule has 23 heavy (non-hydrogen) atoms. The minimum atomic E-state index is -0.580. The van der Waals surface area contributed by atoms with Crippen LogP contribution in [0.15, 0.2) is 11.6 Å². The van der Waals surface area contributed by atoms with Gasteiger partial charge in [0.05, 0.1) is 20.3 Å². The summed E-state index contributed by atoms with van der Waals surface area (Å²) in [4.78, 5) is 46.0. The van der Waals surface area contributed by atoms with Gasteiger partial charge in [0.2, 0.25) is 0 Å². The second-order valence-electron chi connectivity index (χ2n) is 5.87. The summed E-state index contributed by atoms with van der Waals surface area (Å²) in [5.74, 6) is -2.40. The van der Waals surface area contributed by atoms with E-state index in [9.17, 15) is 19.2 Å². The second kappa shape index (κ2) is 6.93. The molecule has 4 atom stereocenters. The Labute approximate surface area is 133 Å². The van der Waals surface area contributed by atoms with Gasteiger partial charge in [-0.05, 0) is 12.3 Å². The fourth-order valence-electron chi connectivity index (χ4n) is 3.55. The molecule has 7 nitrogen and oxygen atoms in total. The normalized spacial score (nSPS) is 30.4. The van der Waals surface area contributed by atoms with Crippen molar-refractivity contribution in [2.24, 2.45) is 23.7 Å². The molecule has 0 N–H and O–H groups in total. The molecule has 7 heteroatoms. The van der Waals surface area contributed by atoms with Gasteiger partial charge < -0.3 is 14.2 Å². The van der Waals surface area contributed by atoms with E-state index in [0.29, 0.717) is 12.0 Å². The van der Waals surface area contributed by atoms with E-state index in [1.807, 2.05) is 0 Å². The number of methoxy groups -OCH3 is 1. The van der Waals surface area contributed by atoms with Crippen molar-refractivity contribution in [2.75, 3.05) is 20.3 Å². The molecule has 0 aromatic heterocycles. The SMILES string of the molecule is COC(=O)/C=C1/C(=O)[C@@H]2C[C@H]1[C@H](COC(C)=O)[C@@H]2COC(C)=O. The number of rotatable bonds is 5. The van der Waals surface area contributed by atoms with Crippen LogP contribution in [-0.2, 0) is 33.4 Å². The smallest absolute Gasteiger partial charge is 0.330 e. The van der Waals surface area contributed by atoms with Gasteiger partial charge in [-0.1, -0.05) is 0 Å². The monoisotopic (exact) mass is 324 g/mol. The van der Waals surface area contributed by atoms with Crippen molar-refractivity contribution in [1.82, 2.24) is 0 Å². The van der Waals surface area contributed by atoms with E-state index in [1.54, 1.807) is 0 Å². The Kier molecular flexibility index (Phi) is 5.18. The minimum absolute atomic E-state index is 0.111. The topological polar surface area (TPSA) is 96.0 Å². The molecule has 2 aliphatic carbocycles. The number of hydrogen-bond donors (Lipinski definition) is 0. The van der Waals surface area contributed by atoms with Gasteiger partial charge >= 0.3 is 17.9 Å². The number of ketones is 1. The Morgan fingerprint density at radius 1 is 1.04 bits per heavy atom. The zero-order valence-electron chi connectivity index (χ0n) is 13.4. The first-order valence-electron chi connectivity index (χ1n) is 7.45. The largest absolute Gasteiger partial charge is 0.466 e. The Morgan fingerprint density at radius 2 is 1.57 bits per heavy atom. The third-order valence-corrected chi connectivity index (χ3v) is 4.54. The van der Waals surface area contributed by atoms with Gasteiger partial charge in [-0.25, -0.2) is 4.79 Å². The lowest BCUT2D eigenvalue weighted by molar-refractivity contribution is -0.148. The molecule has 2 rings (SSSR count). The summed E-state index contributed by atoms with van der Waals surface area (Å²) < 4.78 is 14.7. The maximum Gasteiger partial charge on any atom is 0.330 e. The minimum Gasteiger partial charge on any atom is -0.466 e. The van der Waals surface area contributed by atoms with Gasteiger partial charge in [0.25, 0.3) is 0 Å². The van der Waals surface area contributed by atoms with Crippen molar-refractivity contribution in [1.29, 1.82) is 0 Å². The van der Waals surface area contributed by atoms with Crippen molar-refractivity contribution < 1.29 is 33.4 Å². The second-order valence-corrected chi connectivity index (χ2v) is 5.87. The van der Waals surface area contributed by atoms with Gasteiger partial charge in [-0.15, -0.1) is 0 Å². The number of allylic oxidation sites excluding steroid dienone is 1. The number of carbonyl (C=O) groups excluding carboxylic acids is 4.